The number of likely N-dealkylation sites (N-methyl/N-ethyl adjacent to an activating group) is 1. The molecule has 0 radical (unpaired) electrons. The number of benzene rings is 1. The van der Waals surface area contributed by atoms with Crippen molar-refractivity contribution in [2.45, 2.75) is 89.6 Å². The van der Waals surface area contributed by atoms with E-state index in [1.807, 2.05) is 30.8 Å². The zero-order valence-corrected chi connectivity index (χ0v) is 28.4. The number of alkyl halides is 1. The van der Waals surface area contributed by atoms with Crippen LogP contribution in [0.5, 0.6) is 0 Å². The third kappa shape index (κ3) is 9.68. The van der Waals surface area contributed by atoms with Crippen LogP contribution in [0, 0.1) is 17.3 Å². The first-order valence-electron chi connectivity index (χ1n) is 15.3. The lowest BCUT2D eigenvalue weighted by molar-refractivity contribution is -0.129. The van der Waals surface area contributed by atoms with E-state index in [-0.39, 0.29) is 28.6 Å². The van der Waals surface area contributed by atoms with Crippen molar-refractivity contribution in [2.24, 2.45) is 38.0 Å². The van der Waals surface area contributed by atoms with Crippen LogP contribution in [0.3, 0.4) is 0 Å². The molecule has 7 nitrogen and oxygen atoms in total. The molecule has 9 heteroatoms. The zero-order valence-electron chi connectivity index (χ0n) is 26.8. The van der Waals surface area contributed by atoms with E-state index < -0.39 is 0 Å². The van der Waals surface area contributed by atoms with E-state index in [4.69, 9.17) is 22.3 Å². The summed E-state index contributed by atoms with van der Waals surface area (Å²) in [6, 6.07) is 8.07. The van der Waals surface area contributed by atoms with Crippen molar-refractivity contribution >= 4 is 53.0 Å². The van der Waals surface area contributed by atoms with Crippen LogP contribution in [0.1, 0.15) is 72.8 Å². The van der Waals surface area contributed by atoms with Crippen LogP contribution in [0.25, 0.3) is 0 Å². The van der Waals surface area contributed by atoms with E-state index in [0.29, 0.717) is 41.8 Å². The Bertz CT molecular complexity index is 1180. The number of allylic oxidation sites excluding steroid dienone is 2. The molecule has 1 aliphatic carbocycles. The first-order valence-corrected chi connectivity index (χ1v) is 16.7. The summed E-state index contributed by atoms with van der Waals surface area (Å²) >= 11 is 9.03. The van der Waals surface area contributed by atoms with Crippen LogP contribution in [0.15, 0.2) is 50.9 Å². The summed E-state index contributed by atoms with van der Waals surface area (Å²) < 4.78 is 0. The number of carbonyl (C=O) groups excluding carboxylic acids is 1. The van der Waals surface area contributed by atoms with Gasteiger partial charge in [-0.1, -0.05) is 51.5 Å². The summed E-state index contributed by atoms with van der Waals surface area (Å²) in [6.45, 7) is 14.2. The van der Waals surface area contributed by atoms with E-state index in [0.717, 1.165) is 31.5 Å². The molecule has 5 unspecified atom stereocenters. The third-order valence-corrected chi connectivity index (χ3v) is 10.2. The highest BCUT2D eigenvalue weighted by atomic mass is 35.5. The largest absolute Gasteiger partial charge is 0.368 e. The van der Waals surface area contributed by atoms with Gasteiger partial charge < -0.3 is 15.5 Å². The minimum absolute atomic E-state index is 0.0273. The molecule has 1 amide bonds. The number of hydrogen-bond donors (Lipinski definition) is 1. The predicted molar refractivity (Wildman–Crippen MR) is 182 cm³/mol. The second-order valence-electron chi connectivity index (χ2n) is 12.7. The highest BCUT2D eigenvalue weighted by molar-refractivity contribution is 8.01. The molecule has 1 aromatic carbocycles. The van der Waals surface area contributed by atoms with Crippen LogP contribution >= 0.6 is 23.4 Å². The van der Waals surface area contributed by atoms with Crippen LogP contribution in [0.2, 0.25) is 0 Å². The summed E-state index contributed by atoms with van der Waals surface area (Å²) in [5, 5.41) is 0.587. The first-order chi connectivity index (χ1) is 19.8. The number of carbonyl (C=O) groups is 1. The molecule has 2 N–H and O–H groups in total. The van der Waals surface area contributed by atoms with Gasteiger partial charge >= 0.3 is 0 Å². The van der Waals surface area contributed by atoms with Gasteiger partial charge in [-0.2, -0.15) is 4.99 Å². The summed E-state index contributed by atoms with van der Waals surface area (Å²) in [4.78, 5) is 31.6. The van der Waals surface area contributed by atoms with Crippen molar-refractivity contribution in [3.63, 3.8) is 0 Å². The Balaban J connectivity index is 1.75. The fourth-order valence-electron chi connectivity index (χ4n) is 5.67. The number of aliphatic imine (C=N–C) groups is 3. The topological polar surface area (TPSA) is 86.6 Å². The van der Waals surface area contributed by atoms with E-state index in [9.17, 15) is 4.79 Å². The Morgan fingerprint density at radius 1 is 1.24 bits per heavy atom. The number of amides is 1. The van der Waals surface area contributed by atoms with Gasteiger partial charge in [0.15, 0.2) is 0 Å². The number of thioether (sulfide) groups is 1. The maximum absolute atomic E-state index is 13.9. The molecule has 0 bridgehead atoms. The number of rotatable bonds is 11. The summed E-state index contributed by atoms with van der Waals surface area (Å²) in [5.74, 6) is 1.33. The predicted octanol–water partition coefficient (Wildman–Crippen LogP) is 6.92. The highest BCUT2D eigenvalue weighted by Crippen LogP contribution is 2.47. The summed E-state index contributed by atoms with van der Waals surface area (Å²) in [7, 11) is 4.14. The van der Waals surface area contributed by atoms with E-state index in [1.165, 1.54) is 11.1 Å². The highest BCUT2D eigenvalue weighted by Gasteiger charge is 2.43. The standard InChI is InChI=1S/C33H51ClN6OS/c1-9-40(29(18-22(2)3)38-32(35)37-27-12-10-25(11-13-27)15-17-39(7)8)30(41)20-33(6)16-14-26(23(4)31(33)34)19-28-21-36-24(5)42-28/h10-14,21-24,28,31H,9,15-20H2,1-8H3,(H2,35,37). The quantitative estimate of drug-likeness (QED) is 0.127. The van der Waals surface area contributed by atoms with Gasteiger partial charge in [-0.15, -0.1) is 23.4 Å². The zero-order chi connectivity index (χ0) is 31.0. The Morgan fingerprint density at radius 3 is 2.50 bits per heavy atom. The molecule has 232 valence electrons. The van der Waals surface area contributed by atoms with Gasteiger partial charge in [-0.25, -0.2) is 4.99 Å². The average Bonchev–Trinajstić information content (AvgIpc) is 3.33. The number of nitrogens with zero attached hydrogens (tertiary/aromatic N) is 5. The lowest BCUT2D eigenvalue weighted by Gasteiger charge is -2.42. The maximum atomic E-state index is 13.9. The molecule has 2 aliphatic rings. The van der Waals surface area contributed by atoms with Crippen molar-refractivity contribution in [2.75, 3.05) is 27.2 Å². The van der Waals surface area contributed by atoms with Crippen molar-refractivity contribution in [1.29, 1.82) is 0 Å². The van der Waals surface area contributed by atoms with Crippen molar-refractivity contribution < 1.29 is 4.79 Å². The molecule has 0 saturated heterocycles. The Kier molecular flexibility index (Phi) is 12.7. The normalized spacial score (nSPS) is 26.7. The van der Waals surface area contributed by atoms with Crippen LogP contribution in [0.4, 0.5) is 5.69 Å². The van der Waals surface area contributed by atoms with Gasteiger partial charge in [0.2, 0.25) is 11.9 Å². The fourth-order valence-corrected chi connectivity index (χ4v) is 7.07. The van der Waals surface area contributed by atoms with Crippen LogP contribution in [-0.4, -0.2) is 76.9 Å². The second kappa shape index (κ2) is 15.5. The molecule has 0 fully saturated rings. The minimum Gasteiger partial charge on any atom is -0.368 e. The Labute approximate surface area is 263 Å². The van der Waals surface area contributed by atoms with Gasteiger partial charge in [0.05, 0.1) is 11.1 Å². The van der Waals surface area contributed by atoms with E-state index in [1.54, 1.807) is 4.90 Å². The Hall–Kier alpha value is -2.16. The van der Waals surface area contributed by atoms with E-state index in [2.05, 4.69) is 88.0 Å². The lowest BCUT2D eigenvalue weighted by Crippen LogP contribution is -2.45. The number of halogens is 1. The van der Waals surface area contributed by atoms with Gasteiger partial charge in [-0.3, -0.25) is 9.79 Å². The number of hydrogen-bond acceptors (Lipinski definition) is 5. The average molecular weight is 615 g/mol. The van der Waals surface area contributed by atoms with Gasteiger partial charge in [0.1, 0.15) is 5.84 Å². The lowest BCUT2D eigenvalue weighted by atomic mass is 9.68. The minimum atomic E-state index is -0.351. The van der Waals surface area contributed by atoms with Gasteiger partial charge in [0.25, 0.3) is 0 Å². The monoisotopic (exact) mass is 614 g/mol. The second-order valence-corrected chi connectivity index (χ2v) is 14.8. The number of amidine groups is 1. The molecule has 0 aromatic heterocycles. The molecule has 1 heterocycles. The molecule has 5 atom stereocenters. The number of guanidine groups is 1. The van der Waals surface area contributed by atoms with Crippen LogP contribution in [-0.2, 0) is 11.2 Å². The molecule has 3 rings (SSSR count). The molecule has 1 aromatic rings. The van der Waals surface area contributed by atoms with Gasteiger partial charge in [-0.05, 0) is 82.2 Å². The fraction of sp³-hybridized carbons (Fsp3) is 0.636. The molecule has 0 saturated carbocycles. The molecular weight excluding hydrogens is 564 g/mol. The molecular formula is C33H51ClN6OS. The molecule has 1 aliphatic heterocycles. The smallest absolute Gasteiger partial charge is 0.228 e. The van der Waals surface area contributed by atoms with Gasteiger partial charge in [0, 0.05) is 42.8 Å². The van der Waals surface area contributed by atoms with Crippen molar-refractivity contribution in [3.8, 4) is 0 Å². The van der Waals surface area contributed by atoms with Crippen molar-refractivity contribution in [3.05, 3.63) is 41.5 Å². The van der Waals surface area contributed by atoms with Crippen molar-refractivity contribution in [1.82, 2.24) is 9.80 Å². The first kappa shape index (κ1) is 34.3. The Morgan fingerprint density at radius 2 is 1.93 bits per heavy atom. The van der Waals surface area contributed by atoms with Crippen LogP contribution < -0.4 is 5.73 Å². The molecule has 0 spiro atoms. The molecule has 42 heavy (non-hydrogen) atoms. The SMILES string of the molecule is CCN(C(=O)CC1(C)CC=C(CC2C=NC(C)S2)C(C)C1Cl)C(CC(C)C)=NC(N)=Nc1ccc(CCN(C)C)cc1. The number of nitrogens with two attached hydrogens (primary N) is 1. The summed E-state index contributed by atoms with van der Waals surface area (Å²) in [5.41, 5.74) is 9.35. The maximum Gasteiger partial charge on any atom is 0.228 e. The third-order valence-electron chi connectivity index (χ3n) is 8.14. The summed E-state index contributed by atoms with van der Waals surface area (Å²) in [6.07, 6.45) is 8.10. The van der Waals surface area contributed by atoms with E-state index >= 15 is 0 Å².